The molecule has 0 spiro atoms. The van der Waals surface area contributed by atoms with Gasteiger partial charge in [0.15, 0.2) is 0 Å². The number of likely N-dealkylation sites (tertiary alicyclic amines) is 1. The van der Waals surface area contributed by atoms with E-state index in [0.29, 0.717) is 5.41 Å². The van der Waals surface area contributed by atoms with E-state index in [0.717, 1.165) is 26.1 Å². The van der Waals surface area contributed by atoms with E-state index in [1.807, 2.05) is 0 Å². The molecule has 0 unspecified atom stereocenters. The van der Waals surface area contributed by atoms with Gasteiger partial charge in [0, 0.05) is 26.2 Å². The monoisotopic (exact) mass is 197 g/mol. The van der Waals surface area contributed by atoms with Gasteiger partial charge < -0.3 is 4.74 Å². The Labute approximate surface area is 87.6 Å². The fourth-order valence-corrected chi connectivity index (χ4v) is 2.52. The van der Waals surface area contributed by atoms with Crippen LogP contribution in [0.1, 0.15) is 40.0 Å². The Morgan fingerprint density at radius 3 is 2.29 bits per heavy atom. The maximum atomic E-state index is 5.84. The van der Waals surface area contributed by atoms with Crippen LogP contribution in [0.5, 0.6) is 0 Å². The molecule has 1 heterocycles. The lowest BCUT2D eigenvalue weighted by molar-refractivity contribution is -0.146. The van der Waals surface area contributed by atoms with Crippen molar-refractivity contribution < 1.29 is 4.74 Å². The van der Waals surface area contributed by atoms with E-state index in [-0.39, 0.29) is 5.60 Å². The summed E-state index contributed by atoms with van der Waals surface area (Å²) in [5.41, 5.74) is 0.867. The van der Waals surface area contributed by atoms with Gasteiger partial charge in [0.2, 0.25) is 0 Å². The van der Waals surface area contributed by atoms with Gasteiger partial charge >= 0.3 is 0 Å². The highest BCUT2D eigenvalue weighted by atomic mass is 16.5. The number of nitrogens with zero attached hydrogens (tertiary/aromatic N) is 1. The predicted octanol–water partition coefficient (Wildman–Crippen LogP) is 2.29. The first kappa shape index (κ1) is 10.4. The van der Waals surface area contributed by atoms with Crippen LogP contribution in [0.25, 0.3) is 0 Å². The average Bonchev–Trinajstić information content (AvgIpc) is 2.80. The lowest BCUT2D eigenvalue weighted by Gasteiger charge is -2.50. The SMILES string of the molecule is CCOC1(CC)CN(CC2(C)CC2)C1. The molecule has 1 saturated heterocycles. The Balaban J connectivity index is 1.76. The van der Waals surface area contributed by atoms with Crippen molar-refractivity contribution in [1.29, 1.82) is 0 Å². The van der Waals surface area contributed by atoms with Crippen molar-refractivity contribution in [2.45, 2.75) is 45.6 Å². The third kappa shape index (κ3) is 1.96. The molecule has 2 aliphatic rings. The molecule has 0 aromatic rings. The molecule has 2 fully saturated rings. The molecule has 14 heavy (non-hydrogen) atoms. The molecule has 2 rings (SSSR count). The van der Waals surface area contributed by atoms with E-state index in [4.69, 9.17) is 4.74 Å². The molecular formula is C12H23NO. The summed E-state index contributed by atoms with van der Waals surface area (Å²) in [5, 5.41) is 0. The summed E-state index contributed by atoms with van der Waals surface area (Å²) in [5.74, 6) is 0. The molecule has 2 nitrogen and oxygen atoms in total. The first-order valence-corrected chi connectivity index (χ1v) is 5.98. The van der Waals surface area contributed by atoms with Gasteiger partial charge in [-0.15, -0.1) is 0 Å². The summed E-state index contributed by atoms with van der Waals surface area (Å²) in [6.07, 6.45) is 4.02. The molecule has 1 saturated carbocycles. The van der Waals surface area contributed by atoms with Crippen molar-refractivity contribution in [3.63, 3.8) is 0 Å². The third-order valence-electron chi connectivity index (χ3n) is 3.83. The Morgan fingerprint density at radius 1 is 1.21 bits per heavy atom. The molecule has 1 aliphatic carbocycles. The second-order valence-corrected chi connectivity index (χ2v) is 5.43. The van der Waals surface area contributed by atoms with Gasteiger partial charge in [-0.05, 0) is 31.6 Å². The fraction of sp³-hybridized carbons (Fsp3) is 1.00. The maximum absolute atomic E-state index is 5.84. The number of rotatable bonds is 5. The number of hydrogen-bond donors (Lipinski definition) is 0. The zero-order valence-corrected chi connectivity index (χ0v) is 9.81. The van der Waals surface area contributed by atoms with Crippen LogP contribution in [0.15, 0.2) is 0 Å². The Kier molecular flexibility index (Phi) is 2.61. The molecule has 0 amide bonds. The molecule has 0 bridgehead atoms. The second kappa shape index (κ2) is 3.49. The molecule has 1 aliphatic heterocycles. The molecular weight excluding hydrogens is 174 g/mol. The molecule has 2 heteroatoms. The van der Waals surface area contributed by atoms with Crippen molar-refractivity contribution in [3.05, 3.63) is 0 Å². The van der Waals surface area contributed by atoms with Crippen LogP contribution >= 0.6 is 0 Å². The summed E-state index contributed by atoms with van der Waals surface area (Å²) >= 11 is 0. The van der Waals surface area contributed by atoms with Crippen molar-refractivity contribution in [3.8, 4) is 0 Å². The van der Waals surface area contributed by atoms with Gasteiger partial charge in [-0.25, -0.2) is 0 Å². The zero-order valence-electron chi connectivity index (χ0n) is 9.81. The standard InChI is InChI=1S/C12H23NO/c1-4-12(14-5-2)9-13(10-12)8-11(3)6-7-11/h4-10H2,1-3H3. The highest BCUT2D eigenvalue weighted by Gasteiger charge is 2.47. The quantitative estimate of drug-likeness (QED) is 0.670. The molecule has 0 atom stereocenters. The predicted molar refractivity (Wildman–Crippen MR) is 58.4 cm³/mol. The largest absolute Gasteiger partial charge is 0.373 e. The maximum Gasteiger partial charge on any atom is 0.0932 e. The minimum atomic E-state index is 0.208. The van der Waals surface area contributed by atoms with Gasteiger partial charge in [0.1, 0.15) is 0 Å². The Hall–Kier alpha value is -0.0800. The van der Waals surface area contributed by atoms with Gasteiger partial charge in [-0.3, -0.25) is 4.90 Å². The summed E-state index contributed by atoms with van der Waals surface area (Å²) in [6, 6.07) is 0. The first-order valence-electron chi connectivity index (χ1n) is 5.98. The van der Waals surface area contributed by atoms with Crippen molar-refractivity contribution in [1.82, 2.24) is 4.90 Å². The van der Waals surface area contributed by atoms with E-state index in [1.54, 1.807) is 0 Å². The van der Waals surface area contributed by atoms with Crippen LogP contribution in [0.4, 0.5) is 0 Å². The summed E-state index contributed by atoms with van der Waals surface area (Å²) in [7, 11) is 0. The molecule has 0 radical (unpaired) electrons. The number of ether oxygens (including phenoxy) is 1. The van der Waals surface area contributed by atoms with E-state index in [9.17, 15) is 0 Å². The van der Waals surface area contributed by atoms with Crippen LogP contribution in [0.3, 0.4) is 0 Å². The van der Waals surface area contributed by atoms with Gasteiger partial charge in [0.05, 0.1) is 5.60 Å². The van der Waals surface area contributed by atoms with Crippen molar-refractivity contribution >= 4 is 0 Å². The lowest BCUT2D eigenvalue weighted by Crippen LogP contribution is -2.63. The summed E-state index contributed by atoms with van der Waals surface area (Å²) in [6.45, 7) is 11.2. The fourth-order valence-electron chi connectivity index (χ4n) is 2.52. The minimum absolute atomic E-state index is 0.208. The summed E-state index contributed by atoms with van der Waals surface area (Å²) in [4.78, 5) is 2.56. The lowest BCUT2D eigenvalue weighted by atomic mass is 9.89. The normalized spacial score (nSPS) is 28.5. The Morgan fingerprint density at radius 2 is 1.86 bits per heavy atom. The van der Waals surface area contributed by atoms with Crippen LogP contribution < -0.4 is 0 Å². The average molecular weight is 197 g/mol. The van der Waals surface area contributed by atoms with E-state index < -0.39 is 0 Å². The van der Waals surface area contributed by atoms with E-state index in [1.165, 1.54) is 19.4 Å². The molecule has 0 aromatic carbocycles. The van der Waals surface area contributed by atoms with E-state index in [2.05, 4.69) is 25.7 Å². The zero-order chi connectivity index (χ0) is 10.2. The second-order valence-electron chi connectivity index (χ2n) is 5.43. The van der Waals surface area contributed by atoms with Gasteiger partial charge in [-0.2, -0.15) is 0 Å². The molecule has 0 N–H and O–H groups in total. The van der Waals surface area contributed by atoms with E-state index >= 15 is 0 Å². The van der Waals surface area contributed by atoms with Crippen molar-refractivity contribution in [2.75, 3.05) is 26.2 Å². The molecule has 82 valence electrons. The van der Waals surface area contributed by atoms with Crippen molar-refractivity contribution in [2.24, 2.45) is 5.41 Å². The first-order chi connectivity index (χ1) is 6.61. The molecule has 0 aromatic heterocycles. The van der Waals surface area contributed by atoms with Crippen LogP contribution in [0, 0.1) is 5.41 Å². The van der Waals surface area contributed by atoms with Crippen LogP contribution in [0.2, 0.25) is 0 Å². The summed E-state index contributed by atoms with van der Waals surface area (Å²) < 4.78 is 5.84. The topological polar surface area (TPSA) is 12.5 Å². The van der Waals surface area contributed by atoms with Crippen LogP contribution in [-0.2, 0) is 4.74 Å². The minimum Gasteiger partial charge on any atom is -0.373 e. The van der Waals surface area contributed by atoms with Gasteiger partial charge in [-0.1, -0.05) is 13.8 Å². The number of hydrogen-bond acceptors (Lipinski definition) is 2. The highest BCUT2D eigenvalue weighted by molar-refractivity contribution is 5.01. The van der Waals surface area contributed by atoms with Gasteiger partial charge in [0.25, 0.3) is 0 Å². The Bertz CT molecular complexity index is 204. The third-order valence-corrected chi connectivity index (χ3v) is 3.83. The highest BCUT2D eigenvalue weighted by Crippen LogP contribution is 2.47. The van der Waals surface area contributed by atoms with Crippen LogP contribution in [-0.4, -0.2) is 36.7 Å². The smallest absolute Gasteiger partial charge is 0.0932 e.